The molecule has 0 N–H and O–H groups in total. The van der Waals surface area contributed by atoms with Gasteiger partial charge < -0.3 is 4.42 Å². The van der Waals surface area contributed by atoms with Gasteiger partial charge in [-0.15, -0.1) is 16.4 Å². The van der Waals surface area contributed by atoms with Crippen molar-refractivity contribution in [3.8, 4) is 22.2 Å². The van der Waals surface area contributed by atoms with E-state index < -0.39 is 0 Å². The third kappa shape index (κ3) is 1.73. The van der Waals surface area contributed by atoms with Gasteiger partial charge in [0.2, 0.25) is 0 Å². The summed E-state index contributed by atoms with van der Waals surface area (Å²) in [7, 11) is 1.85. The number of aryl methyl sites for hydroxylation is 1. The third-order valence-corrected chi connectivity index (χ3v) is 3.97. The van der Waals surface area contributed by atoms with Crippen LogP contribution in [0.4, 0.5) is 0 Å². The molecule has 0 radical (unpaired) electrons. The molecule has 0 amide bonds. The van der Waals surface area contributed by atoms with E-state index in [4.69, 9.17) is 4.42 Å². The Morgan fingerprint density at radius 1 is 1.25 bits per heavy atom. The van der Waals surface area contributed by atoms with Gasteiger partial charge in [0.15, 0.2) is 10.8 Å². The lowest BCUT2D eigenvalue weighted by Gasteiger charge is -1.93. The van der Waals surface area contributed by atoms with E-state index in [0.29, 0.717) is 0 Å². The molecule has 20 heavy (non-hydrogen) atoms. The topological polar surface area (TPSA) is 56.7 Å². The fourth-order valence-corrected chi connectivity index (χ4v) is 2.88. The van der Waals surface area contributed by atoms with Gasteiger partial charge in [-0.25, -0.2) is 9.67 Å². The summed E-state index contributed by atoms with van der Waals surface area (Å²) in [5.41, 5.74) is 2.63. The molecule has 0 saturated heterocycles. The van der Waals surface area contributed by atoms with E-state index in [0.717, 1.165) is 33.1 Å². The lowest BCUT2D eigenvalue weighted by Crippen LogP contribution is -1.93. The van der Waals surface area contributed by atoms with Gasteiger partial charge in [0.05, 0.1) is 6.20 Å². The summed E-state index contributed by atoms with van der Waals surface area (Å²) in [4.78, 5) is 4.60. The van der Waals surface area contributed by atoms with Crippen molar-refractivity contribution in [3.05, 3.63) is 41.9 Å². The number of rotatable bonds is 2. The number of hydrogen-bond acceptors (Lipinski definition) is 5. The van der Waals surface area contributed by atoms with Gasteiger partial charge >= 0.3 is 0 Å². The van der Waals surface area contributed by atoms with Crippen LogP contribution in [0.15, 0.2) is 46.3 Å². The van der Waals surface area contributed by atoms with Crippen LogP contribution in [0, 0.1) is 0 Å². The number of thiazole rings is 1. The average molecular weight is 282 g/mol. The Morgan fingerprint density at radius 2 is 2.15 bits per heavy atom. The van der Waals surface area contributed by atoms with Crippen molar-refractivity contribution in [1.82, 2.24) is 20.0 Å². The first-order chi connectivity index (χ1) is 9.81. The van der Waals surface area contributed by atoms with E-state index in [-0.39, 0.29) is 0 Å². The maximum absolute atomic E-state index is 5.82. The van der Waals surface area contributed by atoms with E-state index >= 15 is 0 Å². The Balaban J connectivity index is 1.80. The normalized spacial score (nSPS) is 11.2. The largest absolute Gasteiger partial charge is 0.454 e. The lowest BCUT2D eigenvalue weighted by atomic mass is 10.2. The summed E-state index contributed by atoms with van der Waals surface area (Å²) in [5.74, 6) is 0.789. The van der Waals surface area contributed by atoms with E-state index in [9.17, 15) is 0 Å². The molecule has 4 aromatic rings. The zero-order chi connectivity index (χ0) is 13.5. The Bertz CT molecular complexity index is 856. The van der Waals surface area contributed by atoms with Crippen LogP contribution in [0.1, 0.15) is 0 Å². The second-order valence-corrected chi connectivity index (χ2v) is 5.29. The van der Waals surface area contributed by atoms with Crippen LogP contribution in [0.25, 0.3) is 33.1 Å². The highest BCUT2D eigenvalue weighted by Crippen LogP contribution is 2.32. The molecular weight excluding hydrogens is 272 g/mol. The predicted octanol–water partition coefficient (Wildman–Crippen LogP) is 3.35. The first-order valence-corrected chi connectivity index (χ1v) is 6.99. The molecule has 3 aromatic heterocycles. The molecule has 98 valence electrons. The number of benzene rings is 1. The molecule has 0 aliphatic heterocycles. The second kappa shape index (κ2) is 4.28. The van der Waals surface area contributed by atoms with E-state index in [1.807, 2.05) is 42.8 Å². The van der Waals surface area contributed by atoms with Crippen LogP contribution < -0.4 is 0 Å². The van der Waals surface area contributed by atoms with Gasteiger partial charge in [0.1, 0.15) is 17.0 Å². The Morgan fingerprint density at radius 3 is 2.95 bits per heavy atom. The minimum atomic E-state index is 0.789. The van der Waals surface area contributed by atoms with Gasteiger partial charge in [-0.1, -0.05) is 23.4 Å². The van der Waals surface area contributed by atoms with Crippen LogP contribution in [-0.2, 0) is 7.05 Å². The number of hydrogen-bond donors (Lipinski definition) is 0. The van der Waals surface area contributed by atoms with Gasteiger partial charge in [-0.05, 0) is 12.1 Å². The molecule has 5 nitrogen and oxygen atoms in total. The lowest BCUT2D eigenvalue weighted by molar-refractivity contribution is 0.631. The molecule has 1 aromatic carbocycles. The predicted molar refractivity (Wildman–Crippen MR) is 77.3 cm³/mol. The van der Waals surface area contributed by atoms with E-state index in [1.165, 1.54) is 0 Å². The van der Waals surface area contributed by atoms with Crippen molar-refractivity contribution >= 4 is 22.3 Å². The minimum absolute atomic E-state index is 0.789. The van der Waals surface area contributed by atoms with E-state index in [1.54, 1.807) is 22.2 Å². The van der Waals surface area contributed by atoms with Crippen LogP contribution in [0.5, 0.6) is 0 Å². The minimum Gasteiger partial charge on any atom is -0.454 e. The van der Waals surface area contributed by atoms with Crippen molar-refractivity contribution in [2.75, 3.05) is 0 Å². The van der Waals surface area contributed by atoms with Crippen LogP contribution in [-0.4, -0.2) is 20.0 Å². The molecule has 4 rings (SSSR count). The summed E-state index contributed by atoms with van der Waals surface area (Å²) in [6.45, 7) is 0. The number of fused-ring (bicyclic) bond motifs is 1. The number of nitrogens with zero attached hydrogens (tertiary/aromatic N) is 4. The summed E-state index contributed by atoms with van der Waals surface area (Å²) >= 11 is 1.55. The summed E-state index contributed by atoms with van der Waals surface area (Å²) < 4.78 is 7.53. The van der Waals surface area contributed by atoms with Crippen LogP contribution >= 0.6 is 11.3 Å². The summed E-state index contributed by atoms with van der Waals surface area (Å²) in [6.07, 6.45) is 1.71. The second-order valence-electron chi connectivity index (χ2n) is 4.43. The molecule has 0 atom stereocenters. The van der Waals surface area contributed by atoms with Crippen molar-refractivity contribution < 1.29 is 4.42 Å². The van der Waals surface area contributed by atoms with Crippen molar-refractivity contribution in [1.29, 1.82) is 0 Å². The van der Waals surface area contributed by atoms with Gasteiger partial charge in [-0.2, -0.15) is 0 Å². The van der Waals surface area contributed by atoms with Gasteiger partial charge in [0, 0.05) is 17.8 Å². The van der Waals surface area contributed by atoms with Gasteiger partial charge in [0.25, 0.3) is 0 Å². The maximum Gasteiger partial charge on any atom is 0.164 e. The number of furan rings is 1. The van der Waals surface area contributed by atoms with Crippen LogP contribution in [0.2, 0.25) is 0 Å². The quantitative estimate of drug-likeness (QED) is 0.565. The number of para-hydroxylation sites is 1. The zero-order valence-electron chi connectivity index (χ0n) is 10.6. The van der Waals surface area contributed by atoms with Crippen LogP contribution in [0.3, 0.4) is 0 Å². The highest BCUT2D eigenvalue weighted by molar-refractivity contribution is 7.13. The molecule has 0 fully saturated rings. The van der Waals surface area contributed by atoms with Gasteiger partial charge in [-0.3, -0.25) is 0 Å². The van der Waals surface area contributed by atoms with Crippen molar-refractivity contribution in [2.24, 2.45) is 7.05 Å². The summed E-state index contributed by atoms with van der Waals surface area (Å²) in [5, 5.41) is 11.7. The van der Waals surface area contributed by atoms with E-state index in [2.05, 4.69) is 15.3 Å². The molecule has 6 heteroatoms. The van der Waals surface area contributed by atoms with Crippen molar-refractivity contribution in [3.63, 3.8) is 0 Å². The Labute approximate surface area is 118 Å². The summed E-state index contributed by atoms with van der Waals surface area (Å²) in [6, 6.07) is 9.96. The highest BCUT2D eigenvalue weighted by atomic mass is 32.1. The molecule has 0 aliphatic rings. The molecule has 0 spiro atoms. The third-order valence-electron chi connectivity index (χ3n) is 3.12. The first-order valence-electron chi connectivity index (χ1n) is 6.11. The smallest absolute Gasteiger partial charge is 0.164 e. The molecule has 0 unspecified atom stereocenters. The standard InChI is InChI=1S/C14H10N4OS/c1-18-11(7-15-17-18)10-8-20-14(16-10)13-6-9-4-2-3-5-12(9)19-13/h2-8H,1H3. The monoisotopic (exact) mass is 282 g/mol. The molecular formula is C14H10N4OS. The fourth-order valence-electron chi connectivity index (χ4n) is 2.11. The highest BCUT2D eigenvalue weighted by Gasteiger charge is 2.13. The number of aromatic nitrogens is 4. The fraction of sp³-hybridized carbons (Fsp3) is 0.0714. The average Bonchev–Trinajstić information content (AvgIpc) is 3.15. The molecule has 0 saturated carbocycles. The molecule has 0 aliphatic carbocycles. The maximum atomic E-state index is 5.82. The molecule has 0 bridgehead atoms. The molecule has 3 heterocycles. The zero-order valence-corrected chi connectivity index (χ0v) is 11.5. The first kappa shape index (κ1) is 11.4. The Kier molecular flexibility index (Phi) is 2.43. The Hall–Kier alpha value is -2.47. The van der Waals surface area contributed by atoms with Crippen molar-refractivity contribution in [2.45, 2.75) is 0 Å². The SMILES string of the molecule is Cn1nncc1-c1csc(-c2cc3ccccc3o2)n1.